The second-order valence-corrected chi connectivity index (χ2v) is 7.67. The van der Waals surface area contributed by atoms with Crippen molar-refractivity contribution in [1.82, 2.24) is 15.3 Å². The molecule has 1 heterocycles. The van der Waals surface area contributed by atoms with E-state index in [4.69, 9.17) is 11.6 Å². The largest absolute Gasteiger partial charge is 0.367 e. The predicted octanol–water partition coefficient (Wildman–Crippen LogP) is 3.66. The molecule has 144 valence electrons. The number of aromatic nitrogens is 2. The maximum atomic E-state index is 12.4. The lowest BCUT2D eigenvalue weighted by Gasteiger charge is -2.30. The zero-order chi connectivity index (χ0) is 19.4. The van der Waals surface area contributed by atoms with Gasteiger partial charge in [-0.3, -0.25) is 4.79 Å². The van der Waals surface area contributed by atoms with Gasteiger partial charge in [0.25, 0.3) is 5.91 Å². The molecule has 1 aromatic heterocycles. The zero-order valence-electron chi connectivity index (χ0n) is 16.0. The molecule has 6 nitrogen and oxygen atoms in total. The van der Waals surface area contributed by atoms with Crippen molar-refractivity contribution in [2.24, 2.45) is 0 Å². The molecule has 3 rings (SSSR count). The minimum atomic E-state index is -0.0593. The van der Waals surface area contributed by atoms with Crippen molar-refractivity contribution in [2.45, 2.75) is 44.7 Å². The van der Waals surface area contributed by atoms with E-state index >= 15 is 0 Å². The molecule has 2 aromatic rings. The van der Waals surface area contributed by atoms with Gasteiger partial charge in [-0.15, -0.1) is 0 Å². The van der Waals surface area contributed by atoms with Gasteiger partial charge in [0.15, 0.2) is 0 Å². The van der Waals surface area contributed by atoms with Crippen molar-refractivity contribution in [3.63, 3.8) is 0 Å². The molecule has 1 aliphatic carbocycles. The molecular weight excluding hydrogens is 362 g/mol. The molecule has 1 aromatic carbocycles. The molecule has 0 bridgehead atoms. The van der Waals surface area contributed by atoms with Gasteiger partial charge in [0, 0.05) is 42.8 Å². The molecule has 0 aliphatic heterocycles. The van der Waals surface area contributed by atoms with Gasteiger partial charge in [0.05, 0.1) is 0 Å². The number of hydrogen-bond donors (Lipinski definition) is 2. The van der Waals surface area contributed by atoms with E-state index in [9.17, 15) is 4.79 Å². The highest BCUT2D eigenvalue weighted by Crippen LogP contribution is 2.23. The van der Waals surface area contributed by atoms with Crippen LogP contribution in [0.2, 0.25) is 5.02 Å². The van der Waals surface area contributed by atoms with Crippen LogP contribution in [-0.4, -0.2) is 42.1 Å². The second kappa shape index (κ2) is 8.57. The normalized spacial score (nSPS) is 19.4. The minimum Gasteiger partial charge on any atom is -0.367 e. The summed E-state index contributed by atoms with van der Waals surface area (Å²) in [5.41, 5.74) is 0.607. The summed E-state index contributed by atoms with van der Waals surface area (Å²) < 4.78 is 0. The highest BCUT2D eigenvalue weighted by Gasteiger charge is 2.23. The van der Waals surface area contributed by atoms with E-state index in [2.05, 4.69) is 20.6 Å². The summed E-state index contributed by atoms with van der Waals surface area (Å²) >= 11 is 5.97. The maximum Gasteiger partial charge on any atom is 0.251 e. The Morgan fingerprint density at radius 1 is 1.11 bits per heavy atom. The topological polar surface area (TPSA) is 70.2 Å². The zero-order valence-corrected chi connectivity index (χ0v) is 16.8. The van der Waals surface area contributed by atoms with Crippen LogP contribution in [0.1, 0.15) is 41.9 Å². The van der Waals surface area contributed by atoms with Gasteiger partial charge in [0.2, 0.25) is 0 Å². The predicted molar refractivity (Wildman–Crippen MR) is 110 cm³/mol. The molecule has 2 N–H and O–H groups in total. The number of benzene rings is 1. The molecular formula is C20H26ClN5O. The number of aryl methyl sites for hydroxylation is 1. The lowest BCUT2D eigenvalue weighted by Crippen LogP contribution is -2.40. The Bertz CT molecular complexity index is 803. The smallest absolute Gasteiger partial charge is 0.251 e. The first kappa shape index (κ1) is 19.4. The van der Waals surface area contributed by atoms with Crippen LogP contribution in [0.15, 0.2) is 30.3 Å². The van der Waals surface area contributed by atoms with Crippen LogP contribution in [0, 0.1) is 6.92 Å². The van der Waals surface area contributed by atoms with Crippen molar-refractivity contribution in [3.8, 4) is 0 Å². The fourth-order valence-corrected chi connectivity index (χ4v) is 3.53. The summed E-state index contributed by atoms with van der Waals surface area (Å²) in [6.07, 6.45) is 3.85. The quantitative estimate of drug-likeness (QED) is 0.819. The van der Waals surface area contributed by atoms with Gasteiger partial charge < -0.3 is 15.5 Å². The van der Waals surface area contributed by atoms with E-state index in [-0.39, 0.29) is 11.9 Å². The highest BCUT2D eigenvalue weighted by molar-refractivity contribution is 6.30. The first-order valence-electron chi connectivity index (χ1n) is 9.26. The molecule has 7 heteroatoms. The molecule has 1 fully saturated rings. The number of anilines is 2. The Morgan fingerprint density at radius 2 is 1.81 bits per heavy atom. The van der Waals surface area contributed by atoms with E-state index < -0.39 is 0 Å². The molecule has 1 saturated carbocycles. The van der Waals surface area contributed by atoms with E-state index in [0.717, 1.165) is 43.1 Å². The first-order chi connectivity index (χ1) is 12.9. The van der Waals surface area contributed by atoms with Crippen LogP contribution in [0.5, 0.6) is 0 Å². The average Bonchev–Trinajstić information content (AvgIpc) is 2.63. The van der Waals surface area contributed by atoms with Crippen molar-refractivity contribution in [3.05, 3.63) is 46.7 Å². The fraction of sp³-hybridized carbons (Fsp3) is 0.450. The first-order valence-corrected chi connectivity index (χ1v) is 9.64. The molecule has 0 atom stereocenters. The Balaban J connectivity index is 1.53. The molecule has 0 spiro atoms. The highest BCUT2D eigenvalue weighted by atomic mass is 35.5. The Kier molecular flexibility index (Phi) is 6.16. The maximum absolute atomic E-state index is 12.4. The third-order valence-electron chi connectivity index (χ3n) is 4.78. The van der Waals surface area contributed by atoms with Crippen molar-refractivity contribution in [2.75, 3.05) is 24.3 Å². The monoisotopic (exact) mass is 387 g/mol. The molecule has 1 aliphatic rings. The van der Waals surface area contributed by atoms with Crippen molar-refractivity contribution < 1.29 is 4.79 Å². The van der Waals surface area contributed by atoms with E-state index in [1.165, 1.54) is 0 Å². The van der Waals surface area contributed by atoms with E-state index in [0.29, 0.717) is 16.6 Å². The SMILES string of the molecule is Cc1nc(N[C@H]2CC[C@@H](NC(=O)c3cccc(Cl)c3)CC2)cc(N(C)C)n1. The van der Waals surface area contributed by atoms with Crippen LogP contribution < -0.4 is 15.5 Å². The third-order valence-corrected chi connectivity index (χ3v) is 5.02. The molecule has 1 amide bonds. The number of hydrogen-bond acceptors (Lipinski definition) is 5. The van der Waals surface area contributed by atoms with E-state index in [1.54, 1.807) is 24.3 Å². The van der Waals surface area contributed by atoms with E-state index in [1.807, 2.05) is 32.0 Å². The molecule has 27 heavy (non-hydrogen) atoms. The number of rotatable bonds is 5. The van der Waals surface area contributed by atoms with Crippen LogP contribution in [0.3, 0.4) is 0 Å². The number of nitrogens with zero attached hydrogens (tertiary/aromatic N) is 3. The van der Waals surface area contributed by atoms with Gasteiger partial charge >= 0.3 is 0 Å². The third kappa shape index (κ3) is 5.32. The average molecular weight is 388 g/mol. The fourth-order valence-electron chi connectivity index (χ4n) is 3.34. The lowest BCUT2D eigenvalue weighted by molar-refractivity contribution is 0.0926. The summed E-state index contributed by atoms with van der Waals surface area (Å²) in [6.45, 7) is 1.90. The number of halogens is 1. The number of amides is 1. The van der Waals surface area contributed by atoms with Crippen molar-refractivity contribution in [1.29, 1.82) is 0 Å². The van der Waals surface area contributed by atoms with Crippen molar-refractivity contribution >= 4 is 29.1 Å². The summed E-state index contributed by atoms with van der Waals surface area (Å²) in [5, 5.41) is 7.22. The second-order valence-electron chi connectivity index (χ2n) is 7.23. The standard InChI is InChI=1S/C20H26ClN5O/c1-13-22-18(12-19(23-13)26(2)3)24-16-7-9-17(10-8-16)25-20(27)14-5-4-6-15(21)11-14/h4-6,11-12,16-17H,7-10H2,1-3H3,(H,25,27)(H,22,23,24)/t16-,17+. The summed E-state index contributed by atoms with van der Waals surface area (Å²) in [6, 6.07) is 9.57. The van der Waals surface area contributed by atoms with Gasteiger partial charge in [-0.2, -0.15) is 0 Å². The summed E-state index contributed by atoms with van der Waals surface area (Å²) in [5.74, 6) is 2.45. The van der Waals surface area contributed by atoms with Gasteiger partial charge in [0.1, 0.15) is 17.5 Å². The Labute approximate surface area is 165 Å². The number of nitrogens with one attached hydrogen (secondary N) is 2. The van der Waals surface area contributed by atoms with Gasteiger partial charge in [-0.05, 0) is 50.8 Å². The van der Waals surface area contributed by atoms with Gasteiger partial charge in [-0.25, -0.2) is 9.97 Å². The molecule has 0 saturated heterocycles. The van der Waals surface area contributed by atoms with Crippen LogP contribution in [0.4, 0.5) is 11.6 Å². The Hall–Kier alpha value is -2.34. The van der Waals surface area contributed by atoms with Crippen LogP contribution in [0.25, 0.3) is 0 Å². The minimum absolute atomic E-state index is 0.0593. The Morgan fingerprint density at radius 3 is 2.48 bits per heavy atom. The molecule has 0 radical (unpaired) electrons. The number of carbonyl (C=O) groups excluding carboxylic acids is 1. The van der Waals surface area contributed by atoms with Gasteiger partial charge in [-0.1, -0.05) is 17.7 Å². The van der Waals surface area contributed by atoms with Crippen LogP contribution in [-0.2, 0) is 0 Å². The molecule has 0 unspecified atom stereocenters. The number of carbonyl (C=O) groups is 1. The summed E-state index contributed by atoms with van der Waals surface area (Å²) in [4.78, 5) is 23.3. The lowest BCUT2D eigenvalue weighted by atomic mass is 9.91. The summed E-state index contributed by atoms with van der Waals surface area (Å²) in [7, 11) is 3.94. The van der Waals surface area contributed by atoms with Crippen LogP contribution >= 0.6 is 11.6 Å².